The van der Waals surface area contributed by atoms with Crippen LogP contribution in [0.4, 0.5) is 0 Å². The summed E-state index contributed by atoms with van der Waals surface area (Å²) < 4.78 is 70.4. The zero-order chi connectivity index (χ0) is 24.8. The second-order valence-electron chi connectivity index (χ2n) is 6.58. The quantitative estimate of drug-likeness (QED) is 0.499. The smallest absolute Gasteiger partial charge is 0.186 e. The number of hydrogen-bond acceptors (Lipinski definition) is 10. The Labute approximate surface area is 192 Å². The molecule has 0 bridgehead atoms. The molecule has 0 amide bonds. The molecule has 0 spiro atoms. The molecule has 0 unspecified atom stereocenters. The SMILES string of the molecule is COc1cc(O)cc(OC)c1/C=C/S(=O)(=O)CS(=O)(=O)/C=C/c1c(OC)cc(O)cc1OC. The second-order valence-corrected chi connectivity index (χ2v) is 10.7. The molecule has 0 aliphatic carbocycles. The first-order valence-corrected chi connectivity index (χ1v) is 12.6. The van der Waals surface area contributed by atoms with Crippen molar-refractivity contribution in [2.24, 2.45) is 0 Å². The average Bonchev–Trinajstić information content (AvgIpc) is 2.75. The lowest BCUT2D eigenvalue weighted by Crippen LogP contribution is -2.12. The van der Waals surface area contributed by atoms with Crippen LogP contribution in [0.3, 0.4) is 0 Å². The molecule has 0 radical (unpaired) electrons. The van der Waals surface area contributed by atoms with Crippen molar-refractivity contribution < 1.29 is 46.0 Å². The van der Waals surface area contributed by atoms with Crippen LogP contribution in [0.2, 0.25) is 0 Å². The first-order chi connectivity index (χ1) is 15.4. The van der Waals surface area contributed by atoms with Gasteiger partial charge in [0.25, 0.3) is 0 Å². The van der Waals surface area contributed by atoms with Gasteiger partial charge < -0.3 is 29.2 Å². The van der Waals surface area contributed by atoms with E-state index in [2.05, 4.69) is 0 Å². The highest BCUT2D eigenvalue weighted by Gasteiger charge is 2.20. The number of ether oxygens (including phenoxy) is 4. The van der Waals surface area contributed by atoms with Crippen molar-refractivity contribution in [2.45, 2.75) is 0 Å². The van der Waals surface area contributed by atoms with Crippen LogP contribution in [0.25, 0.3) is 12.2 Å². The van der Waals surface area contributed by atoms with Crippen LogP contribution >= 0.6 is 0 Å². The molecule has 0 aliphatic rings. The molecule has 0 saturated carbocycles. The van der Waals surface area contributed by atoms with Gasteiger partial charge in [-0.3, -0.25) is 0 Å². The Morgan fingerprint density at radius 3 is 1.15 bits per heavy atom. The van der Waals surface area contributed by atoms with E-state index in [-0.39, 0.29) is 45.6 Å². The molecule has 0 aromatic heterocycles. The van der Waals surface area contributed by atoms with Gasteiger partial charge >= 0.3 is 0 Å². The largest absolute Gasteiger partial charge is 0.508 e. The predicted molar refractivity (Wildman–Crippen MR) is 123 cm³/mol. The van der Waals surface area contributed by atoms with Gasteiger partial charge in [-0.1, -0.05) is 0 Å². The van der Waals surface area contributed by atoms with E-state index in [9.17, 15) is 27.0 Å². The highest BCUT2D eigenvalue weighted by Crippen LogP contribution is 2.36. The van der Waals surface area contributed by atoms with E-state index < -0.39 is 24.8 Å². The lowest BCUT2D eigenvalue weighted by molar-refractivity contribution is 0.383. The van der Waals surface area contributed by atoms with E-state index in [4.69, 9.17) is 18.9 Å². The molecule has 2 aromatic carbocycles. The number of hydrogen-bond donors (Lipinski definition) is 2. The topological polar surface area (TPSA) is 146 Å². The molecule has 0 heterocycles. The Morgan fingerprint density at radius 1 is 0.636 bits per heavy atom. The van der Waals surface area contributed by atoms with Crippen molar-refractivity contribution in [3.63, 3.8) is 0 Å². The third kappa shape index (κ3) is 6.80. The molecule has 12 heteroatoms. The number of phenolic OH excluding ortho intramolecular Hbond substituents is 2. The van der Waals surface area contributed by atoms with Crippen LogP contribution in [0.1, 0.15) is 11.1 Å². The van der Waals surface area contributed by atoms with Crippen molar-refractivity contribution in [1.82, 2.24) is 0 Å². The fraction of sp³-hybridized carbons (Fsp3) is 0.238. The molecule has 180 valence electrons. The molecule has 10 nitrogen and oxygen atoms in total. The van der Waals surface area contributed by atoms with Crippen LogP contribution in [-0.4, -0.2) is 60.6 Å². The Kier molecular flexibility index (Phi) is 8.23. The van der Waals surface area contributed by atoms with Crippen LogP contribution < -0.4 is 18.9 Å². The van der Waals surface area contributed by atoms with E-state index in [0.29, 0.717) is 0 Å². The summed E-state index contributed by atoms with van der Waals surface area (Å²) in [7, 11) is -3.19. The molecular formula is C21H24O10S2. The number of sulfone groups is 2. The molecule has 2 aromatic rings. The van der Waals surface area contributed by atoms with Gasteiger partial charge in [-0.05, 0) is 12.2 Å². The van der Waals surface area contributed by atoms with Crippen molar-refractivity contribution in [1.29, 1.82) is 0 Å². The van der Waals surface area contributed by atoms with E-state index in [1.54, 1.807) is 0 Å². The molecule has 0 fully saturated rings. The lowest BCUT2D eigenvalue weighted by atomic mass is 10.1. The minimum Gasteiger partial charge on any atom is -0.508 e. The maximum absolute atomic E-state index is 12.5. The minimum absolute atomic E-state index is 0.132. The fourth-order valence-corrected chi connectivity index (χ4v) is 5.98. The summed E-state index contributed by atoms with van der Waals surface area (Å²) in [6.45, 7) is 0. The highest BCUT2D eigenvalue weighted by atomic mass is 32.3. The van der Waals surface area contributed by atoms with Gasteiger partial charge in [0, 0.05) is 35.1 Å². The van der Waals surface area contributed by atoms with Crippen LogP contribution in [0, 0.1) is 0 Å². The van der Waals surface area contributed by atoms with Gasteiger partial charge in [-0.25, -0.2) is 16.8 Å². The van der Waals surface area contributed by atoms with Gasteiger partial charge in [-0.2, -0.15) is 0 Å². The van der Waals surface area contributed by atoms with E-state index >= 15 is 0 Å². The van der Waals surface area contributed by atoms with Crippen LogP contribution in [-0.2, 0) is 19.7 Å². The second kappa shape index (κ2) is 10.5. The summed E-state index contributed by atoms with van der Waals surface area (Å²) in [5, 5.41) is 19.6. The average molecular weight is 501 g/mol. The number of aromatic hydroxyl groups is 2. The van der Waals surface area contributed by atoms with Gasteiger partial charge in [0.1, 0.15) is 34.5 Å². The maximum atomic E-state index is 12.5. The summed E-state index contributed by atoms with van der Waals surface area (Å²) in [5.41, 5.74) is 0.403. The van der Waals surface area contributed by atoms with E-state index in [1.807, 2.05) is 0 Å². The first-order valence-electron chi connectivity index (χ1n) is 9.17. The van der Waals surface area contributed by atoms with Crippen molar-refractivity contribution in [2.75, 3.05) is 33.5 Å². The van der Waals surface area contributed by atoms with Crippen LogP contribution in [0.5, 0.6) is 34.5 Å². The molecule has 2 rings (SSSR count). The number of benzene rings is 2. The Balaban J connectivity index is 2.34. The number of methoxy groups -OCH3 is 4. The standard InChI is InChI=1S/C21H24O10S2/c1-28-18-9-14(22)10-19(29-2)16(18)5-7-32(24,25)13-33(26,27)8-6-17-20(30-3)11-15(23)12-21(17)31-4/h5-12,22-23H,13H2,1-4H3/b7-5+,8-6+. The molecule has 0 atom stereocenters. The molecular weight excluding hydrogens is 476 g/mol. The summed E-state index contributed by atoms with van der Waals surface area (Å²) in [5.74, 6) is 0.216. The zero-order valence-electron chi connectivity index (χ0n) is 18.3. The molecule has 0 aliphatic heterocycles. The molecule has 0 saturated heterocycles. The third-order valence-electron chi connectivity index (χ3n) is 4.27. The van der Waals surface area contributed by atoms with Crippen molar-refractivity contribution in [3.8, 4) is 34.5 Å². The first kappa shape index (κ1) is 25.9. The van der Waals surface area contributed by atoms with E-state index in [0.717, 1.165) is 23.0 Å². The Hall–Kier alpha value is -3.38. The Morgan fingerprint density at radius 2 is 0.909 bits per heavy atom. The highest BCUT2D eigenvalue weighted by molar-refractivity contribution is 8.10. The molecule has 2 N–H and O–H groups in total. The van der Waals surface area contributed by atoms with Gasteiger partial charge in [0.15, 0.2) is 24.8 Å². The summed E-state index contributed by atoms with van der Waals surface area (Å²) >= 11 is 0. The minimum atomic E-state index is -4.24. The molecule has 33 heavy (non-hydrogen) atoms. The lowest BCUT2D eigenvalue weighted by Gasteiger charge is -2.11. The monoisotopic (exact) mass is 500 g/mol. The van der Waals surface area contributed by atoms with Crippen molar-refractivity contribution in [3.05, 3.63) is 46.2 Å². The summed E-state index contributed by atoms with van der Waals surface area (Å²) in [6, 6.07) is 5.03. The van der Waals surface area contributed by atoms with E-state index in [1.165, 1.54) is 52.7 Å². The Bertz CT molecular complexity index is 1130. The predicted octanol–water partition coefficient (Wildman–Crippen LogP) is 2.56. The number of phenols is 2. The maximum Gasteiger partial charge on any atom is 0.186 e. The number of rotatable bonds is 10. The van der Waals surface area contributed by atoms with Gasteiger partial charge in [0.05, 0.1) is 39.6 Å². The third-order valence-corrected chi connectivity index (χ3v) is 8.00. The normalized spacial score (nSPS) is 12.2. The summed E-state index contributed by atoms with van der Waals surface area (Å²) in [6.07, 6.45) is 2.25. The zero-order valence-corrected chi connectivity index (χ0v) is 19.9. The fourth-order valence-electron chi connectivity index (χ4n) is 2.83. The van der Waals surface area contributed by atoms with Gasteiger partial charge in [-0.15, -0.1) is 0 Å². The summed E-state index contributed by atoms with van der Waals surface area (Å²) in [4.78, 5) is 0. The van der Waals surface area contributed by atoms with Crippen LogP contribution in [0.15, 0.2) is 35.1 Å². The van der Waals surface area contributed by atoms with Crippen molar-refractivity contribution >= 4 is 31.8 Å². The van der Waals surface area contributed by atoms with Gasteiger partial charge in [0.2, 0.25) is 0 Å².